The van der Waals surface area contributed by atoms with Crippen LogP contribution in [-0.4, -0.2) is 0 Å². The van der Waals surface area contributed by atoms with Gasteiger partial charge in [-0.15, -0.1) is 11.3 Å². The van der Waals surface area contributed by atoms with Gasteiger partial charge in [0.05, 0.1) is 5.69 Å². The van der Waals surface area contributed by atoms with E-state index in [0.29, 0.717) is 15.6 Å². The number of benzene rings is 1. The first kappa shape index (κ1) is 12.7. The molecule has 1 aromatic carbocycles. The molecule has 0 saturated heterocycles. The number of anilines is 1. The van der Waals surface area contributed by atoms with Gasteiger partial charge in [0.15, 0.2) is 0 Å². The van der Waals surface area contributed by atoms with Crippen molar-refractivity contribution in [2.24, 2.45) is 0 Å². The Labute approximate surface area is 122 Å². The second-order valence-electron chi connectivity index (χ2n) is 3.53. The van der Waals surface area contributed by atoms with Gasteiger partial charge in [0.2, 0.25) is 0 Å². The van der Waals surface area contributed by atoms with Crippen LogP contribution in [0.1, 0.15) is 10.4 Å². The summed E-state index contributed by atoms with van der Waals surface area (Å²) < 4.78 is 1.10. The minimum Gasteiger partial charge on any atom is -0.397 e. The molecule has 2 aromatic rings. The van der Waals surface area contributed by atoms with Crippen molar-refractivity contribution in [3.8, 4) is 16.5 Å². The van der Waals surface area contributed by atoms with Crippen LogP contribution in [0.3, 0.4) is 0 Å². The number of halogens is 2. The third kappa shape index (κ3) is 2.28. The van der Waals surface area contributed by atoms with Crippen molar-refractivity contribution in [1.29, 1.82) is 5.26 Å². The van der Waals surface area contributed by atoms with Crippen molar-refractivity contribution < 1.29 is 0 Å². The van der Waals surface area contributed by atoms with E-state index in [1.165, 1.54) is 11.3 Å². The topological polar surface area (TPSA) is 49.8 Å². The Kier molecular flexibility index (Phi) is 3.61. The van der Waals surface area contributed by atoms with Gasteiger partial charge in [0.25, 0.3) is 0 Å². The van der Waals surface area contributed by atoms with Crippen molar-refractivity contribution in [1.82, 2.24) is 0 Å². The van der Waals surface area contributed by atoms with Crippen LogP contribution >= 0.6 is 45.5 Å². The highest BCUT2D eigenvalue weighted by Crippen LogP contribution is 2.40. The summed E-state index contributed by atoms with van der Waals surface area (Å²) in [4.78, 5) is 1.58. The molecule has 0 fully saturated rings. The lowest BCUT2D eigenvalue weighted by Crippen LogP contribution is -1.88. The second-order valence-corrected chi connectivity index (χ2v) is 6.15. The van der Waals surface area contributed by atoms with Crippen molar-refractivity contribution in [3.63, 3.8) is 0 Å². The van der Waals surface area contributed by atoms with E-state index in [9.17, 15) is 0 Å². The number of rotatable bonds is 1. The minimum absolute atomic E-state index is 0.563. The Balaban J connectivity index is 2.69. The molecule has 5 heteroatoms. The zero-order chi connectivity index (χ0) is 12.6. The molecule has 86 valence electrons. The molecule has 0 amide bonds. The number of thiophene rings is 1. The standard InChI is InChI=1S/C12H8ClIN2S/c1-6-11(16)10(5-15)17-12(6)8-4-7(13)2-3-9(8)14/h2-4H,16H2,1H3. The number of nitrogens with zero attached hydrogens (tertiary/aromatic N) is 1. The largest absolute Gasteiger partial charge is 0.397 e. The quantitative estimate of drug-likeness (QED) is 0.750. The molecule has 17 heavy (non-hydrogen) atoms. The number of nitrogens with two attached hydrogens (primary N) is 1. The molecule has 0 spiro atoms. The third-order valence-corrected chi connectivity index (χ3v) is 4.89. The lowest BCUT2D eigenvalue weighted by atomic mass is 10.1. The Bertz CT molecular complexity index is 628. The fourth-order valence-corrected chi connectivity index (χ4v) is 3.55. The molecule has 0 radical (unpaired) electrons. The number of hydrogen-bond acceptors (Lipinski definition) is 3. The highest BCUT2D eigenvalue weighted by molar-refractivity contribution is 14.1. The van der Waals surface area contributed by atoms with Gasteiger partial charge in [0.1, 0.15) is 10.9 Å². The van der Waals surface area contributed by atoms with Crippen LogP contribution in [-0.2, 0) is 0 Å². The maximum absolute atomic E-state index is 8.98. The molecule has 0 saturated carbocycles. The fraction of sp³-hybridized carbons (Fsp3) is 0.0833. The van der Waals surface area contributed by atoms with E-state index in [2.05, 4.69) is 28.7 Å². The minimum atomic E-state index is 0.563. The summed E-state index contributed by atoms with van der Waals surface area (Å²) in [5.74, 6) is 0. The molecule has 0 unspecified atom stereocenters. The lowest BCUT2D eigenvalue weighted by molar-refractivity contribution is 1.49. The van der Waals surface area contributed by atoms with Crippen LogP contribution < -0.4 is 5.73 Å². The molecule has 0 aliphatic carbocycles. The number of nitrogen functional groups attached to an aromatic ring is 1. The van der Waals surface area contributed by atoms with Crippen LogP contribution in [0.15, 0.2) is 18.2 Å². The molecule has 0 atom stereocenters. The van der Waals surface area contributed by atoms with E-state index < -0.39 is 0 Å². The van der Waals surface area contributed by atoms with Crippen molar-refractivity contribution >= 4 is 51.2 Å². The summed E-state index contributed by atoms with van der Waals surface area (Å²) in [6.07, 6.45) is 0. The maximum atomic E-state index is 8.98. The van der Waals surface area contributed by atoms with E-state index >= 15 is 0 Å². The van der Waals surface area contributed by atoms with Gasteiger partial charge >= 0.3 is 0 Å². The van der Waals surface area contributed by atoms with Crippen molar-refractivity contribution in [3.05, 3.63) is 37.2 Å². The first-order chi connectivity index (χ1) is 8.04. The molecule has 1 aromatic heterocycles. The van der Waals surface area contributed by atoms with Gasteiger partial charge in [0, 0.05) is 19.0 Å². The fourth-order valence-electron chi connectivity index (χ4n) is 1.54. The van der Waals surface area contributed by atoms with E-state index in [4.69, 9.17) is 22.6 Å². The number of hydrogen-bond donors (Lipinski definition) is 1. The van der Waals surface area contributed by atoms with Gasteiger partial charge in [-0.25, -0.2) is 0 Å². The van der Waals surface area contributed by atoms with Crippen molar-refractivity contribution in [2.45, 2.75) is 6.92 Å². The highest BCUT2D eigenvalue weighted by atomic mass is 127. The molecule has 2 rings (SSSR count). The molecular formula is C12H8ClIN2S. The highest BCUT2D eigenvalue weighted by Gasteiger charge is 2.15. The number of nitriles is 1. The molecule has 0 bridgehead atoms. The van der Waals surface area contributed by atoms with Crippen molar-refractivity contribution in [2.75, 3.05) is 5.73 Å². The zero-order valence-electron chi connectivity index (χ0n) is 8.92. The monoisotopic (exact) mass is 374 g/mol. The molecule has 0 aliphatic heterocycles. The summed E-state index contributed by atoms with van der Waals surface area (Å²) in [5, 5.41) is 9.66. The Morgan fingerprint density at radius 1 is 1.47 bits per heavy atom. The van der Waals surface area contributed by atoms with Gasteiger partial charge in [-0.3, -0.25) is 0 Å². The summed E-state index contributed by atoms with van der Waals surface area (Å²) in [6, 6.07) is 7.83. The van der Waals surface area contributed by atoms with E-state index in [-0.39, 0.29) is 0 Å². The van der Waals surface area contributed by atoms with Crippen LogP contribution in [0.25, 0.3) is 10.4 Å². The van der Waals surface area contributed by atoms with Crippen LogP contribution in [0.2, 0.25) is 5.02 Å². The predicted octanol–water partition coefficient (Wildman–Crippen LogP) is 4.44. The predicted molar refractivity (Wildman–Crippen MR) is 81.3 cm³/mol. The van der Waals surface area contributed by atoms with E-state index in [1.54, 1.807) is 0 Å². The maximum Gasteiger partial charge on any atom is 0.128 e. The second kappa shape index (κ2) is 4.84. The Hall–Kier alpha value is -0.770. The first-order valence-corrected chi connectivity index (χ1v) is 7.06. The van der Waals surface area contributed by atoms with Gasteiger partial charge in [-0.1, -0.05) is 11.6 Å². The summed E-state index contributed by atoms with van der Waals surface area (Å²) >= 11 is 9.67. The summed E-state index contributed by atoms with van der Waals surface area (Å²) in [5.41, 5.74) is 8.45. The zero-order valence-corrected chi connectivity index (χ0v) is 12.7. The smallest absolute Gasteiger partial charge is 0.128 e. The Morgan fingerprint density at radius 2 is 2.18 bits per heavy atom. The average Bonchev–Trinajstić information content (AvgIpc) is 2.59. The first-order valence-electron chi connectivity index (χ1n) is 4.79. The summed E-state index contributed by atoms with van der Waals surface area (Å²) in [7, 11) is 0. The molecular weight excluding hydrogens is 367 g/mol. The average molecular weight is 375 g/mol. The molecule has 2 nitrogen and oxygen atoms in total. The third-order valence-electron chi connectivity index (χ3n) is 2.47. The SMILES string of the molecule is Cc1c(-c2cc(Cl)ccc2I)sc(C#N)c1N. The molecule has 0 aliphatic rings. The van der Waals surface area contributed by atoms with Gasteiger partial charge in [-0.2, -0.15) is 5.26 Å². The van der Waals surface area contributed by atoms with Crippen LogP contribution in [0, 0.1) is 21.8 Å². The molecule has 2 N–H and O–H groups in total. The van der Waals surface area contributed by atoms with E-state index in [0.717, 1.165) is 19.6 Å². The Morgan fingerprint density at radius 3 is 2.76 bits per heavy atom. The van der Waals surface area contributed by atoms with Crippen LogP contribution in [0.5, 0.6) is 0 Å². The van der Waals surface area contributed by atoms with Gasteiger partial charge < -0.3 is 5.73 Å². The lowest BCUT2D eigenvalue weighted by Gasteiger charge is -2.04. The normalized spacial score (nSPS) is 10.2. The molecule has 1 heterocycles. The van der Waals surface area contributed by atoms with Gasteiger partial charge in [-0.05, 0) is 53.3 Å². The van der Waals surface area contributed by atoms with E-state index in [1.807, 2.05) is 25.1 Å². The van der Waals surface area contributed by atoms with Crippen LogP contribution in [0.4, 0.5) is 5.69 Å². The summed E-state index contributed by atoms with van der Waals surface area (Å²) in [6.45, 7) is 1.93.